The first kappa shape index (κ1) is 10.9. The highest BCUT2D eigenvalue weighted by molar-refractivity contribution is 5.29. The zero-order valence-electron chi connectivity index (χ0n) is 7.68. The van der Waals surface area contributed by atoms with Gasteiger partial charge in [-0.1, -0.05) is 12.1 Å². The van der Waals surface area contributed by atoms with Crippen LogP contribution >= 0.6 is 0 Å². The van der Waals surface area contributed by atoms with Crippen molar-refractivity contribution in [1.29, 1.82) is 0 Å². The summed E-state index contributed by atoms with van der Waals surface area (Å²) >= 11 is 0. The van der Waals surface area contributed by atoms with E-state index in [9.17, 15) is 15.3 Å². The summed E-state index contributed by atoms with van der Waals surface area (Å²) in [5.41, 5.74) is 0.212. The minimum Gasteiger partial charge on any atom is -0.508 e. The van der Waals surface area contributed by atoms with Crippen LogP contribution in [0, 0.1) is 0 Å². The van der Waals surface area contributed by atoms with Gasteiger partial charge in [-0.2, -0.15) is 0 Å². The maximum atomic E-state index is 9.50. The smallest absolute Gasteiger partial charge is 0.253 e. The number of phenolic OH excluding ortho intramolecular Hbond substituents is 1. The van der Waals surface area contributed by atoms with E-state index in [1.54, 1.807) is 0 Å². The van der Waals surface area contributed by atoms with Gasteiger partial charge in [-0.25, -0.2) is 0 Å². The molecule has 78 valence electrons. The molecule has 0 aromatic heterocycles. The Kier molecular flexibility index (Phi) is 3.07. The van der Waals surface area contributed by atoms with E-state index in [4.69, 9.17) is 5.11 Å². The molecule has 0 saturated heterocycles. The number of aromatic hydroxyl groups is 1. The molecule has 0 aliphatic carbocycles. The van der Waals surface area contributed by atoms with Crippen molar-refractivity contribution in [3.8, 4) is 5.75 Å². The van der Waals surface area contributed by atoms with Crippen LogP contribution in [0.2, 0.25) is 0 Å². The van der Waals surface area contributed by atoms with Gasteiger partial charge in [0.1, 0.15) is 11.9 Å². The van der Waals surface area contributed by atoms with Crippen LogP contribution in [0.25, 0.3) is 0 Å². The van der Waals surface area contributed by atoms with Gasteiger partial charge in [0.15, 0.2) is 0 Å². The molecule has 0 aliphatic rings. The average molecular weight is 199 g/mol. The van der Waals surface area contributed by atoms with Gasteiger partial charge in [0.05, 0.1) is 0 Å². The number of likely N-dealkylation sites (N-methyl/N-ethyl adjacent to an activating group) is 1. The molecule has 0 aliphatic heterocycles. The van der Waals surface area contributed by atoms with E-state index in [1.807, 2.05) is 0 Å². The van der Waals surface area contributed by atoms with Crippen molar-refractivity contribution < 1.29 is 20.4 Å². The number of benzene rings is 1. The summed E-state index contributed by atoms with van der Waals surface area (Å²) in [6.45, 7) is 0. The van der Waals surface area contributed by atoms with Crippen LogP contribution in [-0.2, 0) is 0 Å². The quantitative estimate of drug-likeness (QED) is 0.414. The second-order valence-electron chi connectivity index (χ2n) is 2.97. The van der Waals surface area contributed by atoms with E-state index in [0.717, 1.165) is 0 Å². The molecule has 0 saturated carbocycles. The van der Waals surface area contributed by atoms with E-state index in [0.29, 0.717) is 0 Å². The van der Waals surface area contributed by atoms with Crippen LogP contribution in [0.15, 0.2) is 24.3 Å². The first-order valence-corrected chi connectivity index (χ1v) is 4.08. The number of aliphatic hydroxyl groups is 3. The molecular formula is C9H13NO4. The van der Waals surface area contributed by atoms with Gasteiger partial charge in [0.25, 0.3) is 5.91 Å². The van der Waals surface area contributed by atoms with E-state index in [-0.39, 0.29) is 11.3 Å². The van der Waals surface area contributed by atoms with Crippen LogP contribution in [0.4, 0.5) is 0 Å². The summed E-state index contributed by atoms with van der Waals surface area (Å²) in [5.74, 6) is -2.46. The second kappa shape index (κ2) is 3.93. The van der Waals surface area contributed by atoms with Crippen molar-refractivity contribution in [3.05, 3.63) is 29.8 Å². The number of hydrogen-bond donors (Lipinski definition) is 5. The maximum Gasteiger partial charge on any atom is 0.253 e. The van der Waals surface area contributed by atoms with Crippen molar-refractivity contribution in [2.45, 2.75) is 12.0 Å². The topological polar surface area (TPSA) is 93.0 Å². The molecule has 5 nitrogen and oxygen atoms in total. The highest BCUT2D eigenvalue weighted by Crippen LogP contribution is 2.24. The van der Waals surface area contributed by atoms with E-state index < -0.39 is 12.0 Å². The SMILES string of the molecule is CNC(O)(O)C(O)c1cccc(O)c1. The Hall–Kier alpha value is -1.14. The third-order valence-electron chi connectivity index (χ3n) is 1.94. The molecule has 1 unspecified atom stereocenters. The monoisotopic (exact) mass is 199 g/mol. The fourth-order valence-electron chi connectivity index (χ4n) is 1.06. The van der Waals surface area contributed by atoms with E-state index in [1.165, 1.54) is 31.3 Å². The lowest BCUT2D eigenvalue weighted by molar-refractivity contribution is -0.244. The van der Waals surface area contributed by atoms with Crippen molar-refractivity contribution in [1.82, 2.24) is 5.32 Å². The second-order valence-corrected chi connectivity index (χ2v) is 2.97. The molecular weight excluding hydrogens is 186 g/mol. The Labute approximate surface area is 81.3 Å². The van der Waals surface area contributed by atoms with Crippen molar-refractivity contribution in [2.75, 3.05) is 7.05 Å². The highest BCUT2D eigenvalue weighted by Gasteiger charge is 2.32. The molecule has 1 atom stereocenters. The molecule has 14 heavy (non-hydrogen) atoms. The lowest BCUT2D eigenvalue weighted by Crippen LogP contribution is -2.48. The zero-order valence-corrected chi connectivity index (χ0v) is 7.68. The number of aliphatic hydroxyl groups excluding tert-OH is 1. The lowest BCUT2D eigenvalue weighted by Gasteiger charge is -2.26. The summed E-state index contributed by atoms with van der Waals surface area (Å²) in [6.07, 6.45) is -1.53. The molecule has 0 amide bonds. The van der Waals surface area contributed by atoms with Crippen molar-refractivity contribution in [3.63, 3.8) is 0 Å². The Morgan fingerprint density at radius 1 is 1.36 bits per heavy atom. The normalized spacial score (nSPS) is 14.0. The standard InChI is InChI=1S/C9H13NO4/c1-10-9(13,14)8(12)6-3-2-4-7(11)5-6/h2-5,8,10-14H,1H3. The first-order valence-electron chi connectivity index (χ1n) is 4.08. The fourth-order valence-corrected chi connectivity index (χ4v) is 1.06. The van der Waals surface area contributed by atoms with Gasteiger partial charge in [0, 0.05) is 0 Å². The summed E-state index contributed by atoms with van der Waals surface area (Å²) in [6, 6.07) is 5.65. The number of phenols is 1. The largest absolute Gasteiger partial charge is 0.508 e. The molecule has 0 radical (unpaired) electrons. The summed E-state index contributed by atoms with van der Waals surface area (Å²) in [7, 11) is 1.30. The minimum absolute atomic E-state index is 0.0477. The molecule has 0 spiro atoms. The number of nitrogens with one attached hydrogen (secondary N) is 1. The molecule has 5 heteroatoms. The van der Waals surface area contributed by atoms with E-state index in [2.05, 4.69) is 5.32 Å². The summed E-state index contributed by atoms with van der Waals surface area (Å²) in [5, 5.41) is 39.2. The van der Waals surface area contributed by atoms with Gasteiger partial charge >= 0.3 is 0 Å². The van der Waals surface area contributed by atoms with Crippen molar-refractivity contribution in [2.24, 2.45) is 0 Å². The van der Waals surface area contributed by atoms with Crippen LogP contribution in [-0.4, -0.2) is 33.4 Å². The van der Waals surface area contributed by atoms with Crippen molar-refractivity contribution >= 4 is 0 Å². The first-order chi connectivity index (χ1) is 6.47. The zero-order chi connectivity index (χ0) is 10.8. The lowest BCUT2D eigenvalue weighted by atomic mass is 10.1. The Bertz CT molecular complexity index is 313. The molecule has 0 bridgehead atoms. The third kappa shape index (κ3) is 2.21. The van der Waals surface area contributed by atoms with Crippen LogP contribution in [0.3, 0.4) is 0 Å². The molecule has 0 heterocycles. The summed E-state index contributed by atoms with van der Waals surface area (Å²) < 4.78 is 0. The number of hydrogen-bond acceptors (Lipinski definition) is 5. The average Bonchev–Trinajstić information content (AvgIpc) is 2.16. The van der Waals surface area contributed by atoms with Gasteiger partial charge < -0.3 is 20.4 Å². The van der Waals surface area contributed by atoms with Crippen LogP contribution < -0.4 is 5.32 Å². The Morgan fingerprint density at radius 3 is 2.50 bits per heavy atom. The van der Waals surface area contributed by atoms with Crippen LogP contribution in [0.1, 0.15) is 11.7 Å². The van der Waals surface area contributed by atoms with E-state index >= 15 is 0 Å². The van der Waals surface area contributed by atoms with Gasteiger partial charge in [0.2, 0.25) is 0 Å². The third-order valence-corrected chi connectivity index (χ3v) is 1.94. The predicted molar refractivity (Wildman–Crippen MR) is 49.3 cm³/mol. The van der Waals surface area contributed by atoms with Gasteiger partial charge in [-0.3, -0.25) is 5.32 Å². The molecule has 1 rings (SSSR count). The Morgan fingerprint density at radius 2 is 2.00 bits per heavy atom. The predicted octanol–water partition coefficient (Wildman–Crippen LogP) is -0.717. The summed E-state index contributed by atoms with van der Waals surface area (Å²) in [4.78, 5) is 0. The molecule has 1 aromatic rings. The number of rotatable bonds is 3. The maximum absolute atomic E-state index is 9.50. The molecule has 1 aromatic carbocycles. The van der Waals surface area contributed by atoms with Crippen LogP contribution in [0.5, 0.6) is 5.75 Å². The Balaban J connectivity index is 2.94. The molecule has 0 fully saturated rings. The fraction of sp³-hybridized carbons (Fsp3) is 0.333. The minimum atomic E-state index is -2.41. The highest BCUT2D eigenvalue weighted by atomic mass is 16.5. The molecule has 5 N–H and O–H groups in total. The van der Waals surface area contributed by atoms with Gasteiger partial charge in [-0.15, -0.1) is 0 Å². The van der Waals surface area contributed by atoms with Gasteiger partial charge in [-0.05, 0) is 24.7 Å².